The van der Waals surface area contributed by atoms with E-state index >= 15 is 0 Å². The predicted molar refractivity (Wildman–Crippen MR) is 89.0 cm³/mol. The van der Waals surface area contributed by atoms with Gasteiger partial charge in [0, 0.05) is 0 Å². The molecular weight excluding hydrogens is 365 g/mol. The Morgan fingerprint density at radius 1 is 1.35 bits per heavy atom. The molecule has 1 unspecified atom stereocenters. The molecule has 3 aliphatic rings. The molecular formula is C17H18FNO6S. The minimum absolute atomic E-state index is 0.00898. The summed E-state index contributed by atoms with van der Waals surface area (Å²) in [5.41, 5.74) is 0.773. The maximum atomic E-state index is 14.6. The Labute approximate surface area is 150 Å². The fraction of sp³-hybridized carbons (Fsp3) is 0.529. The van der Waals surface area contributed by atoms with E-state index in [1.54, 1.807) is 19.1 Å². The molecule has 2 heterocycles. The summed E-state index contributed by atoms with van der Waals surface area (Å²) in [7, 11) is -2.98. The first-order valence-corrected chi connectivity index (χ1v) is 10.3. The summed E-state index contributed by atoms with van der Waals surface area (Å²) < 4.78 is 47.5. The van der Waals surface area contributed by atoms with E-state index in [-0.39, 0.29) is 42.4 Å². The largest absolute Gasteiger partial charge is 0.463 e. The average molecular weight is 383 g/mol. The summed E-state index contributed by atoms with van der Waals surface area (Å²) in [5.74, 6) is -0.980. The lowest BCUT2D eigenvalue weighted by molar-refractivity contribution is -0.151. The van der Waals surface area contributed by atoms with Crippen molar-refractivity contribution < 1.29 is 31.9 Å². The zero-order chi connectivity index (χ0) is 18.6. The number of carbonyl (C=O) groups excluding carboxylic acids is 2. The van der Waals surface area contributed by atoms with Gasteiger partial charge in [-0.05, 0) is 42.4 Å². The summed E-state index contributed by atoms with van der Waals surface area (Å²) in [6.45, 7) is 1.79. The van der Waals surface area contributed by atoms with Crippen LogP contribution in [0.3, 0.4) is 0 Å². The highest BCUT2D eigenvalue weighted by Crippen LogP contribution is 2.59. The first kappa shape index (κ1) is 17.3. The molecule has 0 spiro atoms. The minimum atomic E-state index is -2.98. The number of rotatable bonds is 4. The number of fused-ring (bicyclic) bond motifs is 1. The van der Waals surface area contributed by atoms with Crippen molar-refractivity contribution in [3.8, 4) is 0 Å². The van der Waals surface area contributed by atoms with Crippen LogP contribution >= 0.6 is 0 Å². The second-order valence-electron chi connectivity index (χ2n) is 6.87. The second-order valence-corrected chi connectivity index (χ2v) is 9.03. The van der Waals surface area contributed by atoms with Crippen LogP contribution in [-0.4, -0.2) is 51.2 Å². The van der Waals surface area contributed by atoms with Gasteiger partial charge in [0.05, 0.1) is 30.3 Å². The number of esters is 1. The lowest BCUT2D eigenvalue weighted by Crippen LogP contribution is -2.29. The summed E-state index contributed by atoms with van der Waals surface area (Å²) in [6, 6.07) is 4.41. The van der Waals surface area contributed by atoms with Crippen molar-refractivity contribution in [1.29, 1.82) is 0 Å². The minimum Gasteiger partial charge on any atom is -0.463 e. The number of sulfone groups is 1. The Morgan fingerprint density at radius 2 is 2.04 bits per heavy atom. The summed E-state index contributed by atoms with van der Waals surface area (Å²) in [6.07, 6.45) is -1.76. The first-order chi connectivity index (χ1) is 12.3. The molecule has 2 saturated heterocycles. The van der Waals surface area contributed by atoms with Crippen LogP contribution in [0.15, 0.2) is 18.2 Å². The van der Waals surface area contributed by atoms with Crippen LogP contribution in [0.1, 0.15) is 18.4 Å². The smallest absolute Gasteiger partial charge is 0.415 e. The van der Waals surface area contributed by atoms with Gasteiger partial charge in [0.15, 0.2) is 9.84 Å². The molecule has 0 aromatic heterocycles. The number of cyclic esters (lactones) is 1. The maximum absolute atomic E-state index is 14.6. The molecule has 9 heteroatoms. The van der Waals surface area contributed by atoms with E-state index in [4.69, 9.17) is 9.47 Å². The van der Waals surface area contributed by atoms with Gasteiger partial charge in [0.2, 0.25) is 6.10 Å². The topological polar surface area (TPSA) is 90.0 Å². The first-order valence-electron chi connectivity index (χ1n) is 8.45. The number of halogens is 1. The molecule has 0 radical (unpaired) electrons. The molecule has 1 aliphatic carbocycles. The van der Waals surface area contributed by atoms with E-state index in [0.717, 1.165) is 0 Å². The molecule has 140 valence electrons. The van der Waals surface area contributed by atoms with Gasteiger partial charge in [-0.2, -0.15) is 0 Å². The monoisotopic (exact) mass is 383 g/mol. The molecule has 4 atom stereocenters. The van der Waals surface area contributed by atoms with Gasteiger partial charge < -0.3 is 9.47 Å². The lowest BCUT2D eigenvalue weighted by atomic mass is 10.1. The van der Waals surface area contributed by atoms with Crippen LogP contribution in [0.2, 0.25) is 0 Å². The van der Waals surface area contributed by atoms with Crippen molar-refractivity contribution in [3.05, 3.63) is 29.6 Å². The highest BCUT2D eigenvalue weighted by Gasteiger charge is 2.59. The van der Waals surface area contributed by atoms with Crippen molar-refractivity contribution >= 4 is 27.6 Å². The molecule has 0 N–H and O–H groups in total. The predicted octanol–water partition coefficient (Wildman–Crippen LogP) is 1.47. The van der Waals surface area contributed by atoms with Gasteiger partial charge in [-0.3, -0.25) is 4.90 Å². The summed E-state index contributed by atoms with van der Waals surface area (Å²) >= 11 is 0. The second kappa shape index (κ2) is 5.94. The molecule has 1 amide bonds. The lowest BCUT2D eigenvalue weighted by Gasteiger charge is -2.14. The molecule has 1 aromatic rings. The van der Waals surface area contributed by atoms with Crippen LogP contribution in [0.4, 0.5) is 14.9 Å². The number of carbonyl (C=O) groups is 2. The molecule has 1 aromatic carbocycles. The van der Waals surface area contributed by atoms with E-state index < -0.39 is 33.8 Å². The van der Waals surface area contributed by atoms with Crippen LogP contribution in [-0.2, 0) is 24.1 Å². The number of benzene rings is 1. The highest BCUT2D eigenvalue weighted by molar-refractivity contribution is 7.91. The highest BCUT2D eigenvalue weighted by atomic mass is 32.2. The van der Waals surface area contributed by atoms with Crippen LogP contribution in [0.25, 0.3) is 0 Å². The fourth-order valence-corrected chi connectivity index (χ4v) is 6.22. The van der Waals surface area contributed by atoms with Gasteiger partial charge in [-0.1, -0.05) is 6.07 Å². The van der Waals surface area contributed by atoms with Crippen molar-refractivity contribution in [3.63, 3.8) is 0 Å². The van der Waals surface area contributed by atoms with Crippen molar-refractivity contribution in [2.45, 2.75) is 18.9 Å². The van der Waals surface area contributed by atoms with Gasteiger partial charge in [0.25, 0.3) is 0 Å². The van der Waals surface area contributed by atoms with E-state index in [2.05, 4.69) is 0 Å². The van der Waals surface area contributed by atoms with Crippen molar-refractivity contribution in [2.75, 3.05) is 29.6 Å². The number of anilines is 1. The molecule has 1 saturated carbocycles. The zero-order valence-corrected chi connectivity index (χ0v) is 14.9. The fourth-order valence-electron chi connectivity index (χ4n) is 4.00. The molecule has 2 aliphatic heterocycles. The SMILES string of the molecule is CCOC(=O)[C@H]1CN(c2ccc(C3[C@H]4CS(=O)(=O)C[C@@H]34)c(F)c2)C(=O)O1. The zero-order valence-electron chi connectivity index (χ0n) is 14.1. The average Bonchev–Trinajstić information content (AvgIpc) is 2.91. The van der Waals surface area contributed by atoms with Gasteiger partial charge in [-0.25, -0.2) is 22.4 Å². The number of hydrogen-bond acceptors (Lipinski definition) is 6. The maximum Gasteiger partial charge on any atom is 0.415 e. The molecule has 3 fully saturated rings. The number of ether oxygens (including phenoxy) is 2. The Hall–Kier alpha value is -2.16. The number of nitrogens with zero attached hydrogens (tertiary/aromatic N) is 1. The molecule has 4 rings (SSSR count). The van der Waals surface area contributed by atoms with Crippen LogP contribution < -0.4 is 4.90 Å². The van der Waals surface area contributed by atoms with Crippen molar-refractivity contribution in [1.82, 2.24) is 0 Å². The molecule has 7 nitrogen and oxygen atoms in total. The summed E-state index contributed by atoms with van der Waals surface area (Å²) in [5, 5.41) is 0. The summed E-state index contributed by atoms with van der Waals surface area (Å²) in [4.78, 5) is 24.9. The van der Waals surface area contributed by atoms with E-state index in [1.165, 1.54) is 11.0 Å². The molecule has 26 heavy (non-hydrogen) atoms. The number of hydrogen-bond donors (Lipinski definition) is 0. The third-order valence-corrected chi connectivity index (χ3v) is 7.03. The van der Waals surface area contributed by atoms with Crippen LogP contribution in [0, 0.1) is 17.7 Å². The standard InChI is InChI=1S/C17H18FNO6S/c1-2-24-16(20)14-6-19(17(21)25-14)9-3-4-10(13(18)5-9)15-11-7-26(22,23)8-12(11)15/h3-5,11-12,14-15H,2,6-8H2,1H3/t11-,12+,14-,15?/m1/s1. The normalized spacial score (nSPS) is 31.5. The third kappa shape index (κ3) is 2.84. The van der Waals surface area contributed by atoms with Crippen LogP contribution in [0.5, 0.6) is 0 Å². The molecule has 0 bridgehead atoms. The van der Waals surface area contributed by atoms with Gasteiger partial charge >= 0.3 is 12.1 Å². The van der Waals surface area contributed by atoms with E-state index in [0.29, 0.717) is 11.3 Å². The van der Waals surface area contributed by atoms with E-state index in [9.17, 15) is 22.4 Å². The third-order valence-electron chi connectivity index (χ3n) is 5.24. The number of amides is 1. The Balaban J connectivity index is 1.49. The Kier molecular flexibility index (Phi) is 3.94. The van der Waals surface area contributed by atoms with Crippen molar-refractivity contribution in [2.24, 2.45) is 11.8 Å². The van der Waals surface area contributed by atoms with E-state index in [1.807, 2.05) is 0 Å². The van der Waals surface area contributed by atoms with Gasteiger partial charge in [-0.15, -0.1) is 0 Å². The Bertz CT molecular complexity index is 867. The quantitative estimate of drug-likeness (QED) is 0.732. The Morgan fingerprint density at radius 3 is 2.65 bits per heavy atom. The van der Waals surface area contributed by atoms with Gasteiger partial charge in [0.1, 0.15) is 5.82 Å².